The quantitative estimate of drug-likeness (QED) is 0.532. The molecule has 0 aliphatic carbocycles. The van der Waals surface area contributed by atoms with Gasteiger partial charge in [-0.25, -0.2) is 4.98 Å². The highest BCUT2D eigenvalue weighted by molar-refractivity contribution is 6.31. The van der Waals surface area contributed by atoms with Gasteiger partial charge in [0.05, 0.1) is 29.7 Å². The first-order valence-electron chi connectivity index (χ1n) is 9.98. The number of nitrogens with zero attached hydrogens (tertiary/aromatic N) is 5. The number of pyridine rings is 1. The average molecular weight is 470 g/mol. The van der Waals surface area contributed by atoms with Crippen molar-refractivity contribution in [3.8, 4) is 17.1 Å². The first kappa shape index (κ1) is 23.9. The van der Waals surface area contributed by atoms with Crippen LogP contribution in [0.25, 0.3) is 11.3 Å². The third kappa shape index (κ3) is 5.74. The fourth-order valence-electron chi connectivity index (χ4n) is 3.31. The van der Waals surface area contributed by atoms with Crippen molar-refractivity contribution in [1.29, 1.82) is 0 Å². The zero-order valence-electron chi connectivity index (χ0n) is 17.8. The summed E-state index contributed by atoms with van der Waals surface area (Å²) < 4.78 is 46.2. The lowest BCUT2D eigenvalue weighted by Crippen LogP contribution is -2.13. The number of ether oxygens (including phenoxy) is 1. The summed E-state index contributed by atoms with van der Waals surface area (Å²) in [5.41, 5.74) is 0.903. The molecule has 0 saturated carbocycles. The van der Waals surface area contributed by atoms with Crippen molar-refractivity contribution in [3.63, 3.8) is 0 Å². The molecule has 0 aromatic carbocycles. The minimum Gasteiger partial charge on any atom is -0.477 e. The van der Waals surface area contributed by atoms with Gasteiger partial charge in [0.2, 0.25) is 5.88 Å². The summed E-state index contributed by atoms with van der Waals surface area (Å²) in [5, 5.41) is 22.3. The Morgan fingerprint density at radius 3 is 2.62 bits per heavy atom. The Labute approximate surface area is 188 Å². The molecule has 3 aromatic rings. The van der Waals surface area contributed by atoms with E-state index in [1.54, 1.807) is 25.3 Å². The van der Waals surface area contributed by atoms with Crippen molar-refractivity contribution in [2.24, 2.45) is 7.05 Å². The Hall–Kier alpha value is -2.72. The van der Waals surface area contributed by atoms with Gasteiger partial charge < -0.3 is 9.84 Å². The molecule has 0 saturated heterocycles. The molecule has 1 N–H and O–H groups in total. The second-order valence-electron chi connectivity index (χ2n) is 7.39. The van der Waals surface area contributed by atoms with Crippen LogP contribution in [0.3, 0.4) is 0 Å². The van der Waals surface area contributed by atoms with E-state index in [4.69, 9.17) is 16.3 Å². The summed E-state index contributed by atoms with van der Waals surface area (Å²) in [4.78, 5) is 4.14. The largest absolute Gasteiger partial charge is 0.477 e. The number of alkyl halides is 3. The van der Waals surface area contributed by atoms with Gasteiger partial charge in [-0.1, -0.05) is 11.6 Å². The molecule has 1 atom stereocenters. The fourth-order valence-corrected chi connectivity index (χ4v) is 3.55. The van der Waals surface area contributed by atoms with Crippen LogP contribution < -0.4 is 4.74 Å². The smallest absolute Gasteiger partial charge is 0.435 e. The third-order valence-corrected chi connectivity index (χ3v) is 5.01. The number of hydrogen-bond acceptors (Lipinski definition) is 6. The number of aliphatic hydroxyl groups excluding tert-OH is 1. The first-order chi connectivity index (χ1) is 15.1. The molecule has 3 rings (SSSR count). The minimum absolute atomic E-state index is 0.114. The molecule has 7 nitrogen and oxygen atoms in total. The monoisotopic (exact) mass is 469 g/mol. The summed E-state index contributed by atoms with van der Waals surface area (Å²) in [6.45, 7) is 3.95. The molecule has 3 aromatic heterocycles. The van der Waals surface area contributed by atoms with Crippen LogP contribution in [0.1, 0.15) is 35.9 Å². The summed E-state index contributed by atoms with van der Waals surface area (Å²) in [7, 11) is 1.42. The number of rotatable bonds is 8. The first-order valence-corrected chi connectivity index (χ1v) is 10.4. The van der Waals surface area contributed by atoms with E-state index >= 15 is 0 Å². The normalized spacial score (nSPS) is 12.8. The van der Waals surface area contributed by atoms with E-state index in [0.29, 0.717) is 48.0 Å². The van der Waals surface area contributed by atoms with E-state index in [1.807, 2.05) is 6.92 Å². The van der Waals surface area contributed by atoms with Gasteiger partial charge in [-0.15, -0.1) is 5.10 Å². The van der Waals surface area contributed by atoms with Crippen LogP contribution in [0.2, 0.25) is 5.02 Å². The van der Waals surface area contributed by atoms with Crippen LogP contribution in [0, 0.1) is 6.92 Å². The summed E-state index contributed by atoms with van der Waals surface area (Å²) in [5.74, 6) is 0.348. The van der Waals surface area contributed by atoms with Crippen molar-refractivity contribution in [3.05, 3.63) is 52.1 Å². The summed E-state index contributed by atoms with van der Waals surface area (Å²) >= 11 is 6.12. The molecule has 32 heavy (non-hydrogen) atoms. The van der Waals surface area contributed by atoms with Crippen LogP contribution in [0.5, 0.6) is 5.88 Å². The van der Waals surface area contributed by atoms with Gasteiger partial charge in [0.25, 0.3) is 0 Å². The number of aromatic nitrogens is 5. The van der Waals surface area contributed by atoms with E-state index in [2.05, 4.69) is 20.3 Å². The zero-order chi connectivity index (χ0) is 23.5. The molecule has 0 radical (unpaired) electrons. The Morgan fingerprint density at radius 1 is 1.25 bits per heavy atom. The van der Waals surface area contributed by atoms with Crippen LogP contribution in [0.15, 0.2) is 24.5 Å². The molecule has 0 spiro atoms. The second-order valence-corrected chi connectivity index (χ2v) is 7.80. The molecule has 1 unspecified atom stereocenters. The fraction of sp³-hybridized carbons (Fsp3) is 0.429. The molecular formula is C21H23ClF3N5O2. The number of hydrogen-bond donors (Lipinski definition) is 1. The lowest BCUT2D eigenvalue weighted by Gasteiger charge is -2.12. The van der Waals surface area contributed by atoms with Gasteiger partial charge in [-0.3, -0.25) is 4.68 Å². The van der Waals surface area contributed by atoms with Crippen molar-refractivity contribution in [2.45, 2.75) is 45.4 Å². The Bertz CT molecular complexity index is 1090. The highest BCUT2D eigenvalue weighted by Crippen LogP contribution is 2.36. The molecular weight excluding hydrogens is 447 g/mol. The summed E-state index contributed by atoms with van der Waals surface area (Å²) in [6, 6.07) is 3.38. The van der Waals surface area contributed by atoms with Crippen molar-refractivity contribution in [1.82, 2.24) is 25.0 Å². The summed E-state index contributed by atoms with van der Waals surface area (Å²) in [6.07, 6.45) is -1.25. The van der Waals surface area contributed by atoms with Crippen LogP contribution in [-0.2, 0) is 26.1 Å². The highest BCUT2D eigenvalue weighted by atomic mass is 35.5. The lowest BCUT2D eigenvalue weighted by atomic mass is 10.0. The predicted octanol–water partition coefficient (Wildman–Crippen LogP) is 4.19. The third-order valence-electron chi connectivity index (χ3n) is 4.74. The number of halogens is 4. The molecule has 0 aliphatic heterocycles. The Kier molecular flexibility index (Phi) is 7.35. The van der Waals surface area contributed by atoms with E-state index in [9.17, 15) is 18.3 Å². The second kappa shape index (κ2) is 9.83. The zero-order valence-corrected chi connectivity index (χ0v) is 18.6. The maximum Gasteiger partial charge on any atom is 0.435 e. The van der Waals surface area contributed by atoms with Gasteiger partial charge in [0, 0.05) is 19.4 Å². The van der Waals surface area contributed by atoms with E-state index in [-0.39, 0.29) is 11.3 Å². The van der Waals surface area contributed by atoms with Crippen LogP contribution >= 0.6 is 11.6 Å². The Morgan fingerprint density at radius 2 is 2.00 bits per heavy atom. The van der Waals surface area contributed by atoms with Crippen LogP contribution in [0.4, 0.5) is 13.2 Å². The van der Waals surface area contributed by atoms with Crippen LogP contribution in [-0.4, -0.2) is 42.8 Å². The van der Waals surface area contributed by atoms with Gasteiger partial charge in [0.15, 0.2) is 5.69 Å². The number of aryl methyl sites for hydroxylation is 3. The molecule has 0 bridgehead atoms. The topological polar surface area (TPSA) is 86.0 Å². The number of aliphatic hydroxyl groups is 1. The van der Waals surface area contributed by atoms with Crippen molar-refractivity contribution in [2.75, 3.05) is 6.61 Å². The lowest BCUT2D eigenvalue weighted by molar-refractivity contribution is -0.141. The highest BCUT2D eigenvalue weighted by Gasteiger charge is 2.38. The molecule has 0 fully saturated rings. The molecule has 172 valence electrons. The van der Waals surface area contributed by atoms with Gasteiger partial charge in [-0.05, 0) is 56.4 Å². The maximum atomic E-state index is 13.3. The standard InChI is InChI=1S/C21H23ClF3N5O2/c1-4-32-20-17(22)9-13(10-26-20)8-15(31)6-5-14-7-12(2)18(28-27-14)16-11-30(3)29-19(16)21(23,24)25/h7,9-11,15,31H,4-6,8H2,1-3H3. The van der Waals surface area contributed by atoms with Gasteiger partial charge >= 0.3 is 6.18 Å². The minimum atomic E-state index is -4.59. The van der Waals surface area contributed by atoms with Crippen molar-refractivity contribution < 1.29 is 23.0 Å². The molecule has 0 aliphatic rings. The SMILES string of the molecule is CCOc1ncc(CC(O)CCc2cc(C)c(-c3cn(C)nc3C(F)(F)F)nn2)cc1Cl. The van der Waals surface area contributed by atoms with E-state index in [0.717, 1.165) is 10.2 Å². The van der Waals surface area contributed by atoms with Crippen molar-refractivity contribution >= 4 is 11.6 Å². The predicted molar refractivity (Wildman–Crippen MR) is 112 cm³/mol. The van der Waals surface area contributed by atoms with Gasteiger partial charge in [0.1, 0.15) is 5.02 Å². The van der Waals surface area contributed by atoms with Gasteiger partial charge in [-0.2, -0.15) is 23.4 Å². The van der Waals surface area contributed by atoms with E-state index in [1.165, 1.54) is 13.2 Å². The van der Waals surface area contributed by atoms with E-state index < -0.39 is 18.0 Å². The molecule has 0 amide bonds. The average Bonchev–Trinajstić information content (AvgIpc) is 3.10. The maximum absolute atomic E-state index is 13.3. The Balaban J connectivity index is 1.66. The molecule has 3 heterocycles. The molecule has 11 heteroatoms.